The molecular weight excluding hydrogens is 456 g/mol. The second-order valence-corrected chi connectivity index (χ2v) is 9.20. The quantitative estimate of drug-likeness (QED) is 0.340. The zero-order chi connectivity index (χ0) is 25.8. The average Bonchev–Trinajstić information content (AvgIpc) is 3.22. The Kier molecular flexibility index (Phi) is 7.28. The molecule has 2 N–H and O–H groups in total. The maximum atomic E-state index is 12.9. The molecule has 1 atom stereocenters. The number of aryl methyl sites for hydroxylation is 2. The molecule has 4 rings (SSSR count). The van der Waals surface area contributed by atoms with Crippen molar-refractivity contribution in [3.63, 3.8) is 0 Å². The lowest BCUT2D eigenvalue weighted by Gasteiger charge is -2.16. The van der Waals surface area contributed by atoms with Crippen molar-refractivity contribution in [1.29, 1.82) is 0 Å². The molecule has 0 aliphatic rings. The summed E-state index contributed by atoms with van der Waals surface area (Å²) in [6.07, 6.45) is 3.35. The number of anilines is 2. The molecule has 0 saturated carbocycles. The van der Waals surface area contributed by atoms with E-state index in [1.165, 1.54) is 0 Å². The number of nitrogens with zero attached hydrogens (tertiary/aromatic N) is 4. The molecule has 36 heavy (non-hydrogen) atoms. The largest absolute Gasteiger partial charge is 0.462 e. The molecule has 0 unspecified atom stereocenters. The molecule has 2 aromatic heterocycles. The summed E-state index contributed by atoms with van der Waals surface area (Å²) < 4.78 is 6.99. The maximum Gasteiger partial charge on any atom is 0.338 e. The molecule has 2 aromatic carbocycles. The molecule has 9 nitrogen and oxygen atoms in total. The number of benzene rings is 2. The van der Waals surface area contributed by atoms with Crippen molar-refractivity contribution in [2.45, 2.75) is 33.7 Å². The summed E-state index contributed by atoms with van der Waals surface area (Å²) in [4.78, 5) is 34.2. The van der Waals surface area contributed by atoms with Gasteiger partial charge in [0, 0.05) is 18.3 Å². The molecule has 186 valence electrons. The van der Waals surface area contributed by atoms with Crippen LogP contribution in [0.1, 0.15) is 58.7 Å². The molecule has 9 heteroatoms. The number of esters is 1. The van der Waals surface area contributed by atoms with E-state index in [0.717, 1.165) is 11.1 Å². The number of aromatic nitrogens is 4. The third-order valence-corrected chi connectivity index (χ3v) is 5.71. The Bertz CT molecular complexity index is 1410. The molecule has 0 saturated heterocycles. The van der Waals surface area contributed by atoms with Gasteiger partial charge in [0.05, 0.1) is 30.6 Å². The van der Waals surface area contributed by atoms with Crippen LogP contribution in [0.5, 0.6) is 0 Å². The number of rotatable bonds is 8. The fourth-order valence-corrected chi connectivity index (χ4v) is 3.73. The third kappa shape index (κ3) is 5.68. The highest BCUT2D eigenvalue weighted by Crippen LogP contribution is 2.22. The van der Waals surface area contributed by atoms with Crippen LogP contribution in [0.25, 0.3) is 11.2 Å². The summed E-state index contributed by atoms with van der Waals surface area (Å²) in [5.41, 5.74) is 4.68. The number of hydrogen-bond donors (Lipinski definition) is 2. The zero-order valence-corrected chi connectivity index (χ0v) is 21.1. The Hall–Kier alpha value is -4.27. The van der Waals surface area contributed by atoms with Gasteiger partial charge < -0.3 is 15.4 Å². The second kappa shape index (κ2) is 10.6. The van der Waals surface area contributed by atoms with Crippen molar-refractivity contribution >= 4 is 34.5 Å². The van der Waals surface area contributed by atoms with E-state index in [1.54, 1.807) is 42.2 Å². The minimum absolute atomic E-state index is 0.0831. The van der Waals surface area contributed by atoms with E-state index in [4.69, 9.17) is 4.74 Å². The SMILES string of the molecule is Cc1cc(C(=O)Nc2cccc([C@H](C)Nc3cnc4cnn(C)c4n3)c2)ccc1C(=O)OCC(C)C. The normalized spacial score (nSPS) is 11.9. The van der Waals surface area contributed by atoms with E-state index in [2.05, 4.69) is 25.7 Å². The molecular formula is C27H30N6O3. The van der Waals surface area contributed by atoms with Gasteiger partial charge in [0.1, 0.15) is 11.3 Å². The standard InChI is InChI=1S/C27H30N6O3/c1-16(2)15-36-27(35)22-10-9-20(11-17(22)3)26(34)31-21-8-6-7-19(12-21)18(4)30-24-14-28-23-13-29-33(5)25(23)32-24/h6-14,16,18H,15H2,1-5H3,(H,30,32)(H,31,34)/t18-/m0/s1. The van der Waals surface area contributed by atoms with Crippen molar-refractivity contribution in [3.8, 4) is 0 Å². The Morgan fingerprint density at radius 1 is 1.08 bits per heavy atom. The molecule has 0 spiro atoms. The van der Waals surface area contributed by atoms with Gasteiger partial charge in [-0.05, 0) is 61.2 Å². The number of carbonyl (C=O) groups excluding carboxylic acids is 2. The first-order valence-electron chi connectivity index (χ1n) is 11.8. The van der Waals surface area contributed by atoms with Crippen LogP contribution >= 0.6 is 0 Å². The van der Waals surface area contributed by atoms with Gasteiger partial charge in [-0.2, -0.15) is 5.10 Å². The van der Waals surface area contributed by atoms with Crippen molar-refractivity contribution in [1.82, 2.24) is 19.7 Å². The summed E-state index contributed by atoms with van der Waals surface area (Å²) in [6.45, 7) is 8.12. The summed E-state index contributed by atoms with van der Waals surface area (Å²) in [7, 11) is 1.82. The molecule has 2 heterocycles. The summed E-state index contributed by atoms with van der Waals surface area (Å²) >= 11 is 0. The van der Waals surface area contributed by atoms with Gasteiger partial charge in [-0.25, -0.2) is 19.4 Å². The molecule has 0 aliphatic heterocycles. The number of ether oxygens (including phenoxy) is 1. The minimum atomic E-state index is -0.380. The van der Waals surface area contributed by atoms with E-state index >= 15 is 0 Å². The van der Waals surface area contributed by atoms with Crippen molar-refractivity contribution < 1.29 is 14.3 Å². The lowest BCUT2D eigenvalue weighted by Crippen LogP contribution is -2.15. The van der Waals surface area contributed by atoms with Crippen LogP contribution in [-0.2, 0) is 11.8 Å². The van der Waals surface area contributed by atoms with Crippen molar-refractivity contribution in [2.75, 3.05) is 17.2 Å². The van der Waals surface area contributed by atoms with Gasteiger partial charge >= 0.3 is 5.97 Å². The number of hydrogen-bond acceptors (Lipinski definition) is 7. The van der Waals surface area contributed by atoms with Crippen LogP contribution in [0, 0.1) is 12.8 Å². The fourth-order valence-electron chi connectivity index (χ4n) is 3.73. The lowest BCUT2D eigenvalue weighted by atomic mass is 10.0. The van der Waals surface area contributed by atoms with Gasteiger partial charge in [0.15, 0.2) is 5.65 Å². The van der Waals surface area contributed by atoms with Crippen LogP contribution < -0.4 is 10.6 Å². The van der Waals surface area contributed by atoms with E-state index in [0.29, 0.717) is 40.4 Å². The second-order valence-electron chi connectivity index (χ2n) is 9.20. The van der Waals surface area contributed by atoms with Crippen LogP contribution in [0.15, 0.2) is 54.9 Å². The third-order valence-electron chi connectivity index (χ3n) is 5.71. The van der Waals surface area contributed by atoms with Crippen LogP contribution in [0.2, 0.25) is 0 Å². The predicted octanol–water partition coefficient (Wildman–Crippen LogP) is 4.91. The highest BCUT2D eigenvalue weighted by atomic mass is 16.5. The topological polar surface area (TPSA) is 111 Å². The first-order valence-corrected chi connectivity index (χ1v) is 11.8. The Balaban J connectivity index is 1.43. The zero-order valence-electron chi connectivity index (χ0n) is 21.1. The van der Waals surface area contributed by atoms with Gasteiger partial charge in [0.2, 0.25) is 0 Å². The monoisotopic (exact) mass is 486 g/mol. The van der Waals surface area contributed by atoms with Crippen molar-refractivity contribution in [2.24, 2.45) is 13.0 Å². The van der Waals surface area contributed by atoms with E-state index in [1.807, 2.05) is 52.1 Å². The van der Waals surface area contributed by atoms with Crippen LogP contribution in [-0.4, -0.2) is 38.2 Å². The number of carbonyl (C=O) groups is 2. The number of fused-ring (bicyclic) bond motifs is 1. The van der Waals surface area contributed by atoms with Gasteiger partial charge in [-0.15, -0.1) is 0 Å². The summed E-state index contributed by atoms with van der Waals surface area (Å²) in [5, 5.41) is 10.5. The summed E-state index contributed by atoms with van der Waals surface area (Å²) in [6, 6.07) is 12.5. The average molecular weight is 487 g/mol. The van der Waals surface area contributed by atoms with Crippen LogP contribution in [0.3, 0.4) is 0 Å². The van der Waals surface area contributed by atoms with Gasteiger partial charge in [0.25, 0.3) is 5.91 Å². The molecule has 0 fully saturated rings. The minimum Gasteiger partial charge on any atom is -0.462 e. The Morgan fingerprint density at radius 2 is 1.89 bits per heavy atom. The van der Waals surface area contributed by atoms with E-state index in [9.17, 15) is 9.59 Å². The van der Waals surface area contributed by atoms with Crippen LogP contribution in [0.4, 0.5) is 11.5 Å². The van der Waals surface area contributed by atoms with Gasteiger partial charge in [-0.3, -0.25) is 4.79 Å². The molecule has 0 radical (unpaired) electrons. The number of amides is 1. The smallest absolute Gasteiger partial charge is 0.338 e. The molecule has 0 bridgehead atoms. The Labute approximate surface area is 209 Å². The molecule has 4 aromatic rings. The molecule has 0 aliphatic carbocycles. The fraction of sp³-hybridized carbons (Fsp3) is 0.296. The molecule has 1 amide bonds. The van der Waals surface area contributed by atoms with E-state index in [-0.39, 0.29) is 23.8 Å². The maximum absolute atomic E-state index is 12.9. The van der Waals surface area contributed by atoms with Crippen molar-refractivity contribution in [3.05, 3.63) is 77.1 Å². The van der Waals surface area contributed by atoms with E-state index < -0.39 is 0 Å². The number of nitrogens with one attached hydrogen (secondary N) is 2. The predicted molar refractivity (Wildman–Crippen MR) is 139 cm³/mol. The lowest BCUT2D eigenvalue weighted by molar-refractivity contribution is 0.0458. The first-order chi connectivity index (χ1) is 17.2. The first kappa shape index (κ1) is 24.8. The van der Waals surface area contributed by atoms with Gasteiger partial charge in [-0.1, -0.05) is 26.0 Å². The summed E-state index contributed by atoms with van der Waals surface area (Å²) in [5.74, 6) is 0.251. The highest BCUT2D eigenvalue weighted by Gasteiger charge is 2.15. The highest BCUT2D eigenvalue weighted by molar-refractivity contribution is 6.05. The Morgan fingerprint density at radius 3 is 2.64 bits per heavy atom.